The Kier molecular flexibility index (Phi) is 3.58. The van der Waals surface area contributed by atoms with Crippen molar-refractivity contribution in [2.24, 2.45) is 7.05 Å². The Labute approximate surface area is 104 Å². The number of carbonyl (C=O) groups excluding carboxylic acids is 1. The molecule has 5 heteroatoms. The quantitative estimate of drug-likeness (QED) is 0.903. The van der Waals surface area contributed by atoms with E-state index in [9.17, 15) is 4.79 Å². The lowest BCUT2D eigenvalue weighted by Crippen LogP contribution is -2.26. The number of nitrogens with zero attached hydrogens (tertiary/aromatic N) is 2. The molecule has 2 heterocycles. The molecule has 1 N–H and O–H groups in total. The smallest absolute Gasteiger partial charge is 0.269 e. The highest BCUT2D eigenvalue weighted by Crippen LogP contribution is 2.23. The zero-order valence-corrected chi connectivity index (χ0v) is 10.8. The maximum atomic E-state index is 11.8. The number of nitrogens with one attached hydrogen (secondary N) is 1. The molecule has 0 aliphatic carbocycles. The second-order valence-corrected chi connectivity index (χ2v) is 4.72. The number of hydrogen-bond donors (Lipinski definition) is 1. The molecule has 1 amide bonds. The third-order valence-corrected chi connectivity index (χ3v) is 3.31. The van der Waals surface area contributed by atoms with Gasteiger partial charge in [-0.05, 0) is 23.9 Å². The lowest BCUT2D eigenvalue weighted by molar-refractivity contribution is 0.0944. The molecule has 4 nitrogen and oxygen atoms in total. The van der Waals surface area contributed by atoms with Crippen LogP contribution in [-0.4, -0.2) is 22.2 Å². The van der Waals surface area contributed by atoms with Crippen LogP contribution in [0.15, 0.2) is 23.6 Å². The Morgan fingerprint density at radius 3 is 3.06 bits per heavy atom. The molecule has 0 aliphatic rings. The van der Waals surface area contributed by atoms with Gasteiger partial charge in [-0.25, -0.2) is 0 Å². The Bertz CT molecular complexity index is 502. The van der Waals surface area contributed by atoms with Crippen LogP contribution < -0.4 is 5.32 Å². The molecule has 2 aromatic heterocycles. The Balaban J connectivity index is 2.22. The number of amides is 1. The van der Waals surface area contributed by atoms with Crippen molar-refractivity contribution < 1.29 is 4.79 Å². The monoisotopic (exact) mass is 249 g/mol. The largest absolute Gasteiger partial charge is 0.351 e. The number of hydrogen-bond acceptors (Lipinski definition) is 3. The molecule has 0 atom stereocenters. The summed E-state index contributed by atoms with van der Waals surface area (Å²) in [5.74, 6) is -0.0651. The number of rotatable bonds is 4. The van der Waals surface area contributed by atoms with Gasteiger partial charge in [0.15, 0.2) is 0 Å². The molecule has 0 bridgehead atoms. The average molecular weight is 249 g/mol. The number of aryl methyl sites for hydroxylation is 1. The summed E-state index contributed by atoms with van der Waals surface area (Å²) in [5, 5.41) is 9.20. The summed E-state index contributed by atoms with van der Waals surface area (Å²) in [6, 6.07) is 5.81. The van der Waals surface area contributed by atoms with Gasteiger partial charge in [-0.15, -0.1) is 11.3 Å². The lowest BCUT2D eigenvalue weighted by Gasteiger charge is -2.02. The minimum Gasteiger partial charge on any atom is -0.351 e. The Hall–Kier alpha value is -1.62. The van der Waals surface area contributed by atoms with Gasteiger partial charge in [0.2, 0.25) is 0 Å². The molecule has 0 unspecified atom stereocenters. The SMILES string of the molecule is CCCNC(=O)c1cc(-c2cccs2)nn1C. The van der Waals surface area contributed by atoms with E-state index in [1.165, 1.54) is 0 Å². The van der Waals surface area contributed by atoms with Gasteiger partial charge in [0.05, 0.1) is 4.88 Å². The number of aromatic nitrogens is 2. The van der Waals surface area contributed by atoms with Crippen LogP contribution in [0.2, 0.25) is 0 Å². The topological polar surface area (TPSA) is 46.9 Å². The van der Waals surface area contributed by atoms with E-state index in [1.807, 2.05) is 30.5 Å². The van der Waals surface area contributed by atoms with Crippen LogP contribution in [-0.2, 0) is 7.05 Å². The summed E-state index contributed by atoms with van der Waals surface area (Å²) in [7, 11) is 1.79. The molecule has 0 aromatic carbocycles. The van der Waals surface area contributed by atoms with E-state index in [0.717, 1.165) is 17.0 Å². The maximum absolute atomic E-state index is 11.8. The Morgan fingerprint density at radius 1 is 1.59 bits per heavy atom. The van der Waals surface area contributed by atoms with Crippen molar-refractivity contribution in [1.29, 1.82) is 0 Å². The summed E-state index contributed by atoms with van der Waals surface area (Å²) in [4.78, 5) is 12.9. The second kappa shape index (κ2) is 5.14. The van der Waals surface area contributed by atoms with Crippen LogP contribution in [0.1, 0.15) is 23.8 Å². The first kappa shape index (κ1) is 11.9. The summed E-state index contributed by atoms with van der Waals surface area (Å²) in [6.07, 6.45) is 0.932. The molecule has 0 spiro atoms. The minimum atomic E-state index is -0.0651. The number of thiophene rings is 1. The fourth-order valence-corrected chi connectivity index (χ4v) is 2.23. The van der Waals surface area contributed by atoms with E-state index in [2.05, 4.69) is 10.4 Å². The van der Waals surface area contributed by atoms with E-state index in [4.69, 9.17) is 0 Å². The highest BCUT2D eigenvalue weighted by Gasteiger charge is 2.13. The summed E-state index contributed by atoms with van der Waals surface area (Å²) in [6.45, 7) is 2.72. The third kappa shape index (κ3) is 2.55. The maximum Gasteiger partial charge on any atom is 0.269 e. The van der Waals surface area contributed by atoms with Crippen LogP contribution in [0.25, 0.3) is 10.6 Å². The van der Waals surface area contributed by atoms with E-state index >= 15 is 0 Å². The van der Waals surface area contributed by atoms with Crippen LogP contribution in [0.4, 0.5) is 0 Å². The van der Waals surface area contributed by atoms with Gasteiger partial charge in [-0.3, -0.25) is 9.48 Å². The standard InChI is InChI=1S/C12H15N3OS/c1-3-6-13-12(16)10-8-9(14-15(10)2)11-5-4-7-17-11/h4-5,7-8H,3,6H2,1-2H3,(H,13,16). The van der Waals surface area contributed by atoms with Gasteiger partial charge < -0.3 is 5.32 Å². The molecule has 0 fully saturated rings. The average Bonchev–Trinajstić information content (AvgIpc) is 2.94. The van der Waals surface area contributed by atoms with Gasteiger partial charge in [0.1, 0.15) is 11.4 Å². The normalized spacial score (nSPS) is 10.5. The fraction of sp³-hybridized carbons (Fsp3) is 0.333. The van der Waals surface area contributed by atoms with Crippen LogP contribution in [0.5, 0.6) is 0 Å². The molecule has 2 aromatic rings. The first-order valence-corrected chi connectivity index (χ1v) is 6.46. The Morgan fingerprint density at radius 2 is 2.41 bits per heavy atom. The van der Waals surface area contributed by atoms with E-state index in [-0.39, 0.29) is 5.91 Å². The van der Waals surface area contributed by atoms with Crippen LogP contribution in [0, 0.1) is 0 Å². The van der Waals surface area contributed by atoms with Gasteiger partial charge in [0.25, 0.3) is 5.91 Å². The highest BCUT2D eigenvalue weighted by molar-refractivity contribution is 7.13. The predicted octanol–water partition coefficient (Wildman–Crippen LogP) is 2.29. The lowest BCUT2D eigenvalue weighted by atomic mass is 10.3. The van der Waals surface area contributed by atoms with Crippen LogP contribution in [0.3, 0.4) is 0 Å². The minimum absolute atomic E-state index is 0.0651. The molecular formula is C12H15N3OS. The van der Waals surface area contributed by atoms with Gasteiger partial charge >= 0.3 is 0 Å². The molecule has 0 saturated heterocycles. The molecule has 0 saturated carbocycles. The molecular weight excluding hydrogens is 234 g/mol. The molecule has 0 aliphatic heterocycles. The summed E-state index contributed by atoms with van der Waals surface area (Å²) >= 11 is 1.62. The predicted molar refractivity (Wildman–Crippen MR) is 69.1 cm³/mol. The van der Waals surface area contributed by atoms with Crippen molar-refractivity contribution in [2.45, 2.75) is 13.3 Å². The van der Waals surface area contributed by atoms with Crippen molar-refractivity contribution in [2.75, 3.05) is 6.54 Å². The van der Waals surface area contributed by atoms with Gasteiger partial charge in [-0.1, -0.05) is 13.0 Å². The van der Waals surface area contributed by atoms with Crippen molar-refractivity contribution in [3.05, 3.63) is 29.3 Å². The number of carbonyl (C=O) groups is 1. The first-order valence-electron chi connectivity index (χ1n) is 5.58. The summed E-state index contributed by atoms with van der Waals surface area (Å²) in [5.41, 5.74) is 1.45. The second-order valence-electron chi connectivity index (χ2n) is 3.77. The first-order chi connectivity index (χ1) is 8.22. The van der Waals surface area contributed by atoms with E-state index in [0.29, 0.717) is 12.2 Å². The third-order valence-electron chi connectivity index (χ3n) is 2.42. The zero-order chi connectivity index (χ0) is 12.3. The van der Waals surface area contributed by atoms with Crippen molar-refractivity contribution in [3.8, 4) is 10.6 Å². The fourth-order valence-electron chi connectivity index (χ4n) is 1.55. The molecule has 2 rings (SSSR count). The zero-order valence-electron chi connectivity index (χ0n) is 9.93. The van der Waals surface area contributed by atoms with Crippen molar-refractivity contribution >= 4 is 17.2 Å². The summed E-state index contributed by atoms with van der Waals surface area (Å²) < 4.78 is 1.63. The van der Waals surface area contributed by atoms with Crippen LogP contribution >= 0.6 is 11.3 Å². The van der Waals surface area contributed by atoms with Gasteiger partial charge in [0, 0.05) is 13.6 Å². The van der Waals surface area contributed by atoms with Crippen molar-refractivity contribution in [3.63, 3.8) is 0 Å². The van der Waals surface area contributed by atoms with Gasteiger partial charge in [-0.2, -0.15) is 5.10 Å². The molecule has 90 valence electrons. The highest BCUT2D eigenvalue weighted by atomic mass is 32.1. The van der Waals surface area contributed by atoms with Crippen molar-refractivity contribution in [1.82, 2.24) is 15.1 Å². The van der Waals surface area contributed by atoms with E-state index < -0.39 is 0 Å². The molecule has 0 radical (unpaired) electrons. The van der Waals surface area contributed by atoms with E-state index in [1.54, 1.807) is 23.1 Å². The molecule has 17 heavy (non-hydrogen) atoms.